The zero-order valence-electron chi connectivity index (χ0n) is 13.3. The molecule has 0 aliphatic carbocycles. The van der Waals surface area contributed by atoms with Gasteiger partial charge >= 0.3 is 0 Å². The van der Waals surface area contributed by atoms with Gasteiger partial charge < -0.3 is 4.90 Å². The van der Waals surface area contributed by atoms with Crippen molar-refractivity contribution in [1.82, 2.24) is 14.8 Å². The number of ketones is 1. The Kier molecular flexibility index (Phi) is 4.23. The Hall–Kier alpha value is -2.67. The van der Waals surface area contributed by atoms with Crippen molar-refractivity contribution in [1.29, 1.82) is 0 Å². The van der Waals surface area contributed by atoms with Gasteiger partial charge in [0.15, 0.2) is 10.9 Å². The maximum absolute atomic E-state index is 13.1. The molecular weight excluding hydrogens is 339 g/mol. The Balaban J connectivity index is 1.48. The Labute approximate surface area is 148 Å². The van der Waals surface area contributed by atoms with E-state index in [0.717, 1.165) is 29.9 Å². The third-order valence-corrected chi connectivity index (χ3v) is 5.02. The molecule has 1 aromatic heterocycles. The minimum Gasteiger partial charge on any atom is -0.309 e. The topological polar surface area (TPSA) is 51.0 Å². The quantitative estimate of drug-likeness (QED) is 0.518. The summed E-state index contributed by atoms with van der Waals surface area (Å²) in [5, 5.41) is 9.17. The summed E-state index contributed by atoms with van der Waals surface area (Å²) >= 11 is 1.39. The zero-order valence-corrected chi connectivity index (χ0v) is 14.1. The zero-order chi connectivity index (χ0) is 17.2. The SMILES string of the molecule is O=C(CSc1nnc2n1CCN2c1ccc(F)cc1)c1ccccc1. The van der Waals surface area contributed by atoms with Crippen molar-refractivity contribution in [2.24, 2.45) is 0 Å². The van der Waals surface area contributed by atoms with Crippen LogP contribution in [-0.4, -0.2) is 32.8 Å². The van der Waals surface area contributed by atoms with Gasteiger partial charge in [0, 0.05) is 24.3 Å². The predicted molar refractivity (Wildman–Crippen MR) is 94.9 cm³/mol. The fourth-order valence-corrected chi connectivity index (χ4v) is 3.64. The molecule has 1 aliphatic heterocycles. The minimum absolute atomic E-state index is 0.0661. The van der Waals surface area contributed by atoms with Crippen LogP contribution >= 0.6 is 11.8 Å². The molecule has 4 rings (SSSR count). The van der Waals surface area contributed by atoms with Crippen LogP contribution in [0.25, 0.3) is 0 Å². The summed E-state index contributed by atoms with van der Waals surface area (Å²) < 4.78 is 15.1. The maximum Gasteiger partial charge on any atom is 0.232 e. The number of benzene rings is 2. The highest BCUT2D eigenvalue weighted by atomic mass is 32.2. The van der Waals surface area contributed by atoms with E-state index in [1.807, 2.05) is 39.8 Å². The van der Waals surface area contributed by atoms with Crippen LogP contribution in [0, 0.1) is 5.82 Å². The summed E-state index contributed by atoms with van der Waals surface area (Å²) in [7, 11) is 0. The Bertz CT molecular complexity index is 895. The summed E-state index contributed by atoms with van der Waals surface area (Å²) in [6.45, 7) is 1.48. The molecule has 25 heavy (non-hydrogen) atoms. The van der Waals surface area contributed by atoms with Crippen LogP contribution in [0.2, 0.25) is 0 Å². The van der Waals surface area contributed by atoms with Gasteiger partial charge in [-0.05, 0) is 24.3 Å². The molecule has 0 N–H and O–H groups in total. The van der Waals surface area contributed by atoms with Gasteiger partial charge in [-0.2, -0.15) is 0 Å². The summed E-state index contributed by atoms with van der Waals surface area (Å²) in [5.41, 5.74) is 1.58. The van der Waals surface area contributed by atoms with Crippen LogP contribution in [0.1, 0.15) is 10.4 Å². The van der Waals surface area contributed by atoms with Gasteiger partial charge in [0.1, 0.15) is 5.82 Å². The molecule has 5 nitrogen and oxygen atoms in total. The molecular formula is C18H15FN4OS. The van der Waals surface area contributed by atoms with Crippen LogP contribution in [0.15, 0.2) is 59.8 Å². The normalized spacial score (nSPS) is 13.1. The number of Topliss-reactive ketones (excluding diaryl/α,β-unsaturated/α-hetero) is 1. The second kappa shape index (κ2) is 6.68. The number of carbonyl (C=O) groups is 1. The number of thioether (sulfide) groups is 1. The lowest BCUT2D eigenvalue weighted by Crippen LogP contribution is -2.14. The lowest BCUT2D eigenvalue weighted by Gasteiger charge is -2.14. The summed E-state index contributed by atoms with van der Waals surface area (Å²) in [5.74, 6) is 0.844. The number of hydrogen-bond acceptors (Lipinski definition) is 5. The van der Waals surface area contributed by atoms with E-state index >= 15 is 0 Å². The summed E-state index contributed by atoms with van der Waals surface area (Å²) in [6, 6.07) is 15.5. The van der Waals surface area contributed by atoms with Gasteiger partial charge in [-0.15, -0.1) is 10.2 Å². The maximum atomic E-state index is 13.1. The van der Waals surface area contributed by atoms with Crippen LogP contribution in [0.3, 0.4) is 0 Å². The fourth-order valence-electron chi connectivity index (χ4n) is 2.79. The third kappa shape index (κ3) is 3.15. The standard InChI is InChI=1S/C18H15FN4OS/c19-14-6-8-15(9-7-14)22-10-11-23-17(22)20-21-18(23)25-12-16(24)13-4-2-1-3-5-13/h1-9H,10-12H2. The van der Waals surface area contributed by atoms with Crippen molar-refractivity contribution < 1.29 is 9.18 Å². The van der Waals surface area contributed by atoms with Crippen molar-refractivity contribution in [3.05, 3.63) is 66.0 Å². The molecule has 0 saturated carbocycles. The first kappa shape index (κ1) is 15.8. The van der Waals surface area contributed by atoms with Crippen LogP contribution in [-0.2, 0) is 6.54 Å². The van der Waals surface area contributed by atoms with E-state index in [1.165, 1.54) is 23.9 Å². The predicted octanol–water partition coefficient (Wildman–Crippen LogP) is 3.54. The fraction of sp³-hybridized carbons (Fsp3) is 0.167. The lowest BCUT2D eigenvalue weighted by atomic mass is 10.2. The highest BCUT2D eigenvalue weighted by molar-refractivity contribution is 7.99. The van der Waals surface area contributed by atoms with E-state index in [1.54, 1.807) is 12.1 Å². The van der Waals surface area contributed by atoms with E-state index < -0.39 is 0 Å². The van der Waals surface area contributed by atoms with Crippen LogP contribution in [0.4, 0.5) is 16.0 Å². The van der Waals surface area contributed by atoms with Crippen molar-refractivity contribution >= 4 is 29.2 Å². The lowest BCUT2D eigenvalue weighted by molar-refractivity contribution is 0.102. The molecule has 1 aliphatic rings. The van der Waals surface area contributed by atoms with E-state index in [-0.39, 0.29) is 11.6 Å². The van der Waals surface area contributed by atoms with E-state index in [2.05, 4.69) is 10.2 Å². The van der Waals surface area contributed by atoms with Crippen molar-refractivity contribution in [2.75, 3.05) is 17.2 Å². The minimum atomic E-state index is -0.264. The molecule has 3 aromatic rings. The number of rotatable bonds is 5. The average molecular weight is 354 g/mol. The number of aromatic nitrogens is 3. The van der Waals surface area contributed by atoms with Gasteiger partial charge in [0.2, 0.25) is 5.95 Å². The Morgan fingerprint density at radius 2 is 1.80 bits per heavy atom. The molecule has 7 heteroatoms. The van der Waals surface area contributed by atoms with Crippen molar-refractivity contribution in [2.45, 2.75) is 11.7 Å². The molecule has 2 aromatic carbocycles. The number of fused-ring (bicyclic) bond motifs is 1. The molecule has 0 atom stereocenters. The van der Waals surface area contributed by atoms with Gasteiger partial charge in [-0.3, -0.25) is 9.36 Å². The van der Waals surface area contributed by atoms with E-state index in [4.69, 9.17) is 0 Å². The van der Waals surface area contributed by atoms with Gasteiger partial charge in [0.05, 0.1) is 5.75 Å². The molecule has 0 radical (unpaired) electrons. The number of halogens is 1. The second-order valence-corrected chi connectivity index (χ2v) is 6.58. The highest BCUT2D eigenvalue weighted by Crippen LogP contribution is 2.32. The second-order valence-electron chi connectivity index (χ2n) is 5.64. The monoisotopic (exact) mass is 354 g/mol. The first-order valence-corrected chi connectivity index (χ1v) is 8.88. The largest absolute Gasteiger partial charge is 0.309 e. The first-order valence-electron chi connectivity index (χ1n) is 7.90. The van der Waals surface area contributed by atoms with Crippen molar-refractivity contribution in [3.8, 4) is 0 Å². The first-order chi connectivity index (χ1) is 12.2. The number of hydrogen-bond donors (Lipinski definition) is 0. The Morgan fingerprint density at radius 1 is 1.04 bits per heavy atom. The van der Waals surface area contributed by atoms with Gasteiger partial charge in [0.25, 0.3) is 0 Å². The molecule has 0 fully saturated rings. The molecule has 0 unspecified atom stereocenters. The molecule has 0 saturated heterocycles. The van der Waals surface area contributed by atoms with Gasteiger partial charge in [-0.1, -0.05) is 42.1 Å². The molecule has 2 heterocycles. The number of nitrogens with zero attached hydrogens (tertiary/aromatic N) is 4. The Morgan fingerprint density at radius 3 is 2.56 bits per heavy atom. The smallest absolute Gasteiger partial charge is 0.232 e. The molecule has 0 spiro atoms. The molecule has 0 amide bonds. The summed E-state index contributed by atoms with van der Waals surface area (Å²) in [6.07, 6.45) is 0. The average Bonchev–Trinajstić information content (AvgIpc) is 3.23. The number of anilines is 2. The van der Waals surface area contributed by atoms with Crippen LogP contribution in [0.5, 0.6) is 0 Å². The van der Waals surface area contributed by atoms with Gasteiger partial charge in [-0.25, -0.2) is 4.39 Å². The third-order valence-electron chi connectivity index (χ3n) is 4.05. The van der Waals surface area contributed by atoms with E-state index in [9.17, 15) is 9.18 Å². The molecule has 126 valence electrons. The van der Waals surface area contributed by atoms with Crippen LogP contribution < -0.4 is 4.90 Å². The molecule has 0 bridgehead atoms. The summed E-state index contributed by atoms with van der Waals surface area (Å²) in [4.78, 5) is 14.2. The van der Waals surface area contributed by atoms with Crippen molar-refractivity contribution in [3.63, 3.8) is 0 Å². The number of carbonyl (C=O) groups excluding carboxylic acids is 1. The van der Waals surface area contributed by atoms with E-state index in [0.29, 0.717) is 11.3 Å². The highest BCUT2D eigenvalue weighted by Gasteiger charge is 2.26.